The summed E-state index contributed by atoms with van der Waals surface area (Å²) in [7, 11) is 0. The minimum Gasteiger partial charge on any atom is -0.369 e. The average Bonchev–Trinajstić information content (AvgIpc) is 2.15. The number of alkyl halides is 1. The quantitative estimate of drug-likeness (QED) is 0.721. The first-order chi connectivity index (χ1) is 7.46. The molecule has 0 spiro atoms. The zero-order valence-corrected chi connectivity index (χ0v) is 12.7. The van der Waals surface area contributed by atoms with E-state index in [1.165, 1.54) is 19.4 Å². The van der Waals surface area contributed by atoms with Gasteiger partial charge in [-0.05, 0) is 26.2 Å². The Labute approximate surface area is 109 Å². The Morgan fingerprint density at radius 2 is 2.19 bits per heavy atom. The zero-order valence-electron chi connectivity index (χ0n) is 11.1. The summed E-state index contributed by atoms with van der Waals surface area (Å²) in [5.74, 6) is 0.801. The van der Waals surface area contributed by atoms with Gasteiger partial charge in [-0.2, -0.15) is 0 Å². The highest BCUT2D eigenvalue weighted by molar-refractivity contribution is 9.09. The van der Waals surface area contributed by atoms with Crippen LogP contribution >= 0.6 is 15.9 Å². The molecule has 0 radical (unpaired) electrons. The second kappa shape index (κ2) is 6.36. The van der Waals surface area contributed by atoms with Crippen molar-refractivity contribution in [3.8, 4) is 0 Å². The topological polar surface area (TPSA) is 12.5 Å². The predicted octanol–water partition coefficient (Wildman–Crippen LogP) is 3.30. The molecule has 0 aliphatic carbocycles. The Morgan fingerprint density at radius 3 is 2.75 bits per heavy atom. The molecule has 0 aromatic carbocycles. The van der Waals surface area contributed by atoms with Crippen LogP contribution in [0.3, 0.4) is 0 Å². The number of hydrogen-bond acceptors (Lipinski definition) is 2. The Bertz CT molecular complexity index is 208. The fourth-order valence-electron chi connectivity index (χ4n) is 2.66. The summed E-state index contributed by atoms with van der Waals surface area (Å²) in [6, 6.07) is 0. The van der Waals surface area contributed by atoms with Gasteiger partial charge in [0, 0.05) is 25.0 Å². The number of rotatable bonds is 5. The molecule has 1 aliphatic rings. The molecule has 2 nitrogen and oxygen atoms in total. The molecule has 1 heterocycles. The van der Waals surface area contributed by atoms with E-state index >= 15 is 0 Å². The summed E-state index contributed by atoms with van der Waals surface area (Å²) in [6.07, 6.45) is 2.96. The maximum absolute atomic E-state index is 6.01. The van der Waals surface area contributed by atoms with Crippen LogP contribution in [0.2, 0.25) is 0 Å². The van der Waals surface area contributed by atoms with Crippen molar-refractivity contribution in [1.82, 2.24) is 4.90 Å². The van der Waals surface area contributed by atoms with Crippen molar-refractivity contribution in [2.75, 3.05) is 25.0 Å². The lowest BCUT2D eigenvalue weighted by Gasteiger charge is -2.43. The first-order valence-electron chi connectivity index (χ1n) is 6.43. The van der Waals surface area contributed by atoms with Gasteiger partial charge in [0.1, 0.15) is 0 Å². The lowest BCUT2D eigenvalue weighted by atomic mass is 10.0. The third kappa shape index (κ3) is 4.72. The molecule has 0 N–H and O–H groups in total. The summed E-state index contributed by atoms with van der Waals surface area (Å²) in [5.41, 5.74) is 0.00260. The van der Waals surface area contributed by atoms with Gasteiger partial charge >= 0.3 is 0 Å². The standard InChI is InChI=1S/C13H26BrNO/c1-5-6-11(2)8-15-9-12(7-14)16-13(3,4)10-15/h11-12H,5-10H2,1-4H3. The first kappa shape index (κ1) is 14.5. The number of hydrogen-bond donors (Lipinski definition) is 0. The molecule has 2 unspecified atom stereocenters. The smallest absolute Gasteiger partial charge is 0.0806 e. The Morgan fingerprint density at radius 1 is 1.50 bits per heavy atom. The highest BCUT2D eigenvalue weighted by atomic mass is 79.9. The lowest BCUT2D eigenvalue weighted by molar-refractivity contribution is -0.128. The maximum atomic E-state index is 6.01. The van der Waals surface area contributed by atoms with Gasteiger partial charge < -0.3 is 4.74 Å². The largest absolute Gasteiger partial charge is 0.369 e. The van der Waals surface area contributed by atoms with E-state index in [4.69, 9.17) is 4.74 Å². The summed E-state index contributed by atoms with van der Waals surface area (Å²) >= 11 is 3.54. The van der Waals surface area contributed by atoms with Gasteiger partial charge in [-0.15, -0.1) is 0 Å². The minimum absolute atomic E-state index is 0.00260. The van der Waals surface area contributed by atoms with Crippen molar-refractivity contribution in [3.63, 3.8) is 0 Å². The minimum atomic E-state index is 0.00260. The molecule has 16 heavy (non-hydrogen) atoms. The van der Waals surface area contributed by atoms with Gasteiger partial charge in [-0.25, -0.2) is 0 Å². The van der Waals surface area contributed by atoms with Crippen molar-refractivity contribution in [2.24, 2.45) is 5.92 Å². The van der Waals surface area contributed by atoms with Crippen LogP contribution in [0.25, 0.3) is 0 Å². The van der Waals surface area contributed by atoms with Crippen LogP contribution in [0.15, 0.2) is 0 Å². The SMILES string of the molecule is CCCC(C)CN1CC(CBr)OC(C)(C)C1. The van der Waals surface area contributed by atoms with Gasteiger partial charge in [0.05, 0.1) is 11.7 Å². The van der Waals surface area contributed by atoms with Crippen molar-refractivity contribution in [2.45, 2.75) is 52.2 Å². The van der Waals surface area contributed by atoms with E-state index in [1.807, 2.05) is 0 Å². The molecule has 1 fully saturated rings. The van der Waals surface area contributed by atoms with E-state index in [-0.39, 0.29) is 5.60 Å². The number of nitrogens with zero attached hydrogens (tertiary/aromatic N) is 1. The van der Waals surface area contributed by atoms with Crippen LogP contribution in [-0.2, 0) is 4.74 Å². The Kier molecular flexibility index (Phi) is 5.75. The van der Waals surface area contributed by atoms with Crippen LogP contribution in [0.4, 0.5) is 0 Å². The number of ether oxygens (including phenoxy) is 1. The van der Waals surface area contributed by atoms with E-state index in [0.29, 0.717) is 6.10 Å². The van der Waals surface area contributed by atoms with Crippen molar-refractivity contribution >= 4 is 15.9 Å². The highest BCUT2D eigenvalue weighted by Gasteiger charge is 2.32. The fourth-order valence-corrected chi connectivity index (χ4v) is 3.00. The van der Waals surface area contributed by atoms with Crippen molar-refractivity contribution < 1.29 is 4.74 Å². The molecule has 0 aromatic rings. The van der Waals surface area contributed by atoms with Crippen LogP contribution in [0.5, 0.6) is 0 Å². The number of halogens is 1. The molecule has 3 heteroatoms. The van der Waals surface area contributed by atoms with Crippen LogP contribution < -0.4 is 0 Å². The van der Waals surface area contributed by atoms with E-state index < -0.39 is 0 Å². The predicted molar refractivity (Wildman–Crippen MR) is 73.3 cm³/mol. The molecule has 1 saturated heterocycles. The lowest BCUT2D eigenvalue weighted by Crippen LogP contribution is -2.54. The van der Waals surface area contributed by atoms with Gasteiger partial charge in [0.25, 0.3) is 0 Å². The van der Waals surface area contributed by atoms with Crippen LogP contribution in [0, 0.1) is 5.92 Å². The molecule has 0 amide bonds. The molecular formula is C13H26BrNO. The van der Waals surface area contributed by atoms with E-state index in [9.17, 15) is 0 Å². The molecular weight excluding hydrogens is 266 g/mol. The normalized spacial score (nSPS) is 27.9. The summed E-state index contributed by atoms with van der Waals surface area (Å²) < 4.78 is 6.01. The highest BCUT2D eigenvalue weighted by Crippen LogP contribution is 2.23. The van der Waals surface area contributed by atoms with Crippen LogP contribution in [-0.4, -0.2) is 41.6 Å². The van der Waals surface area contributed by atoms with Gasteiger partial charge in [-0.3, -0.25) is 4.90 Å². The van der Waals surface area contributed by atoms with Gasteiger partial charge in [-0.1, -0.05) is 36.2 Å². The van der Waals surface area contributed by atoms with E-state index in [1.54, 1.807) is 0 Å². The fraction of sp³-hybridized carbons (Fsp3) is 1.00. The maximum Gasteiger partial charge on any atom is 0.0806 e. The van der Waals surface area contributed by atoms with Gasteiger partial charge in [0.15, 0.2) is 0 Å². The van der Waals surface area contributed by atoms with Gasteiger partial charge in [0.2, 0.25) is 0 Å². The third-order valence-electron chi connectivity index (χ3n) is 3.08. The molecule has 0 bridgehead atoms. The van der Waals surface area contributed by atoms with Crippen LogP contribution in [0.1, 0.15) is 40.5 Å². The number of morpholine rings is 1. The molecule has 0 aromatic heterocycles. The third-order valence-corrected chi connectivity index (χ3v) is 3.80. The summed E-state index contributed by atoms with van der Waals surface area (Å²) in [4.78, 5) is 2.57. The molecule has 0 saturated carbocycles. The summed E-state index contributed by atoms with van der Waals surface area (Å²) in [5, 5.41) is 0.940. The monoisotopic (exact) mass is 291 g/mol. The van der Waals surface area contributed by atoms with Crippen molar-refractivity contribution in [3.05, 3.63) is 0 Å². The van der Waals surface area contributed by atoms with Crippen molar-refractivity contribution in [1.29, 1.82) is 0 Å². The summed E-state index contributed by atoms with van der Waals surface area (Å²) in [6.45, 7) is 12.4. The van der Waals surface area contributed by atoms with E-state index in [2.05, 4.69) is 48.5 Å². The second-order valence-electron chi connectivity index (χ2n) is 5.74. The molecule has 96 valence electrons. The molecule has 2 atom stereocenters. The molecule has 1 rings (SSSR count). The first-order valence-corrected chi connectivity index (χ1v) is 7.55. The zero-order chi connectivity index (χ0) is 12.2. The Hall–Kier alpha value is 0.400. The van der Waals surface area contributed by atoms with E-state index in [0.717, 1.165) is 24.3 Å². The molecule has 1 aliphatic heterocycles. The second-order valence-corrected chi connectivity index (χ2v) is 6.39. The average molecular weight is 292 g/mol. The Balaban J connectivity index is 2.46.